The Labute approximate surface area is 188 Å². The van der Waals surface area contributed by atoms with Gasteiger partial charge in [-0.25, -0.2) is 9.79 Å². The van der Waals surface area contributed by atoms with Crippen molar-refractivity contribution in [2.45, 2.75) is 13.0 Å². The van der Waals surface area contributed by atoms with Gasteiger partial charge < -0.3 is 14.2 Å². The van der Waals surface area contributed by atoms with Gasteiger partial charge in [-0.05, 0) is 48.4 Å². The van der Waals surface area contributed by atoms with Gasteiger partial charge in [-0.1, -0.05) is 35.6 Å². The molecule has 0 saturated carbocycles. The first kappa shape index (κ1) is 21.6. The molecule has 1 aliphatic rings. The van der Waals surface area contributed by atoms with Crippen LogP contribution in [0.2, 0.25) is 0 Å². The normalized spacial score (nSPS) is 15.8. The van der Waals surface area contributed by atoms with Gasteiger partial charge in [-0.2, -0.15) is 0 Å². The number of nitrogens with zero attached hydrogens (tertiary/aromatic N) is 2. The van der Waals surface area contributed by atoms with Gasteiger partial charge in [-0.3, -0.25) is 9.36 Å². The van der Waals surface area contributed by atoms with E-state index in [1.54, 1.807) is 37.8 Å². The first-order chi connectivity index (χ1) is 15.5. The predicted molar refractivity (Wildman–Crippen MR) is 122 cm³/mol. The number of carbonyl (C=O) groups is 1. The maximum atomic E-state index is 13.5. The molecule has 7 nitrogen and oxygen atoms in total. The van der Waals surface area contributed by atoms with Crippen LogP contribution >= 0.6 is 11.3 Å². The van der Waals surface area contributed by atoms with Crippen molar-refractivity contribution in [3.05, 3.63) is 90.6 Å². The van der Waals surface area contributed by atoms with Crippen molar-refractivity contribution in [2.75, 3.05) is 21.3 Å². The molecule has 32 heavy (non-hydrogen) atoms. The van der Waals surface area contributed by atoms with E-state index in [9.17, 15) is 9.59 Å². The second-order valence-electron chi connectivity index (χ2n) is 7.12. The standard InChI is InChI=1S/C24H22N2O5S/c1-14-20(23(28)31-4)21(16-7-11-18(30-3)12-8-16)26-22(27)19(32-24(26)25-14)13-15-5-9-17(29-2)10-6-15/h5-13,21H,1-4H3/b19-13-. The van der Waals surface area contributed by atoms with E-state index >= 15 is 0 Å². The summed E-state index contributed by atoms with van der Waals surface area (Å²) in [5, 5.41) is 0. The van der Waals surface area contributed by atoms with E-state index in [1.165, 1.54) is 18.4 Å². The molecule has 2 aromatic carbocycles. The van der Waals surface area contributed by atoms with Gasteiger partial charge in [0.05, 0.1) is 43.2 Å². The zero-order chi connectivity index (χ0) is 22.8. The number of hydrogen-bond acceptors (Lipinski definition) is 7. The predicted octanol–water partition coefficient (Wildman–Crippen LogP) is 2.43. The molecule has 0 N–H and O–H groups in total. The lowest BCUT2D eigenvalue weighted by molar-refractivity contribution is -0.136. The van der Waals surface area contributed by atoms with Crippen molar-refractivity contribution in [2.24, 2.45) is 4.99 Å². The molecule has 2 heterocycles. The maximum absolute atomic E-state index is 13.5. The molecule has 1 unspecified atom stereocenters. The van der Waals surface area contributed by atoms with E-state index < -0.39 is 12.0 Å². The van der Waals surface area contributed by atoms with Crippen LogP contribution < -0.4 is 24.4 Å². The highest BCUT2D eigenvalue weighted by Gasteiger charge is 2.33. The van der Waals surface area contributed by atoms with Crippen molar-refractivity contribution in [1.82, 2.24) is 4.57 Å². The van der Waals surface area contributed by atoms with E-state index in [0.29, 0.717) is 26.4 Å². The van der Waals surface area contributed by atoms with Crippen LogP contribution in [0.25, 0.3) is 6.08 Å². The van der Waals surface area contributed by atoms with Crippen LogP contribution in [-0.4, -0.2) is 31.9 Å². The molecular weight excluding hydrogens is 428 g/mol. The van der Waals surface area contributed by atoms with Gasteiger partial charge in [0.15, 0.2) is 4.80 Å². The molecule has 0 aliphatic carbocycles. The molecule has 0 spiro atoms. The molecule has 0 bridgehead atoms. The first-order valence-corrected chi connectivity index (χ1v) is 10.7. The van der Waals surface area contributed by atoms with Gasteiger partial charge in [0.25, 0.3) is 5.56 Å². The van der Waals surface area contributed by atoms with Crippen LogP contribution in [0.1, 0.15) is 24.1 Å². The quantitative estimate of drug-likeness (QED) is 0.558. The van der Waals surface area contributed by atoms with Crippen LogP contribution in [0, 0.1) is 0 Å². The molecule has 0 radical (unpaired) electrons. The van der Waals surface area contributed by atoms with Crippen molar-refractivity contribution in [3.8, 4) is 11.5 Å². The van der Waals surface area contributed by atoms with Gasteiger partial charge in [0, 0.05) is 0 Å². The Kier molecular flexibility index (Phi) is 5.96. The molecule has 0 amide bonds. The minimum atomic E-state index is -0.650. The summed E-state index contributed by atoms with van der Waals surface area (Å²) in [6.07, 6.45) is 1.81. The van der Waals surface area contributed by atoms with Crippen LogP contribution in [0.15, 0.2) is 69.6 Å². The highest BCUT2D eigenvalue weighted by atomic mass is 32.1. The summed E-state index contributed by atoms with van der Waals surface area (Å²) in [5.74, 6) is 0.902. The molecule has 1 aliphatic heterocycles. The third kappa shape index (κ3) is 3.85. The third-order valence-electron chi connectivity index (χ3n) is 5.27. The molecule has 3 aromatic rings. The van der Waals surface area contributed by atoms with Crippen LogP contribution in [0.5, 0.6) is 11.5 Å². The largest absolute Gasteiger partial charge is 0.497 e. The number of carbonyl (C=O) groups excluding carboxylic acids is 1. The molecule has 4 rings (SSSR count). The highest BCUT2D eigenvalue weighted by molar-refractivity contribution is 7.07. The molecular formula is C24H22N2O5S. The highest BCUT2D eigenvalue weighted by Crippen LogP contribution is 2.31. The molecule has 8 heteroatoms. The summed E-state index contributed by atoms with van der Waals surface area (Å²) >= 11 is 1.28. The average Bonchev–Trinajstić information content (AvgIpc) is 3.12. The number of allylic oxidation sites excluding steroid dienone is 1. The number of methoxy groups -OCH3 is 3. The fraction of sp³-hybridized carbons (Fsp3) is 0.208. The van der Waals surface area contributed by atoms with Gasteiger partial charge in [0.2, 0.25) is 0 Å². The Morgan fingerprint density at radius 1 is 1.00 bits per heavy atom. The number of hydrogen-bond donors (Lipinski definition) is 0. The summed E-state index contributed by atoms with van der Waals surface area (Å²) in [6, 6.07) is 14.1. The topological polar surface area (TPSA) is 79.1 Å². The summed E-state index contributed by atoms with van der Waals surface area (Å²) < 4.78 is 17.5. The van der Waals surface area contributed by atoms with Crippen LogP contribution in [0.3, 0.4) is 0 Å². The van der Waals surface area contributed by atoms with E-state index in [4.69, 9.17) is 14.2 Å². The SMILES string of the molecule is COC(=O)C1=C(C)N=c2s/c(=C\c3ccc(OC)cc3)c(=O)n2C1c1ccc(OC)cc1. The third-order valence-corrected chi connectivity index (χ3v) is 6.26. The fourth-order valence-corrected chi connectivity index (χ4v) is 4.69. The smallest absolute Gasteiger partial charge is 0.338 e. The number of rotatable bonds is 5. The first-order valence-electron chi connectivity index (χ1n) is 9.85. The van der Waals surface area contributed by atoms with Crippen molar-refractivity contribution >= 4 is 23.4 Å². The minimum absolute atomic E-state index is 0.223. The molecule has 0 saturated heterocycles. The molecule has 164 valence electrons. The number of esters is 1. The fourth-order valence-electron chi connectivity index (χ4n) is 3.65. The zero-order valence-corrected chi connectivity index (χ0v) is 18.9. The Hall–Kier alpha value is -3.65. The van der Waals surface area contributed by atoms with E-state index in [1.807, 2.05) is 42.5 Å². The second kappa shape index (κ2) is 8.84. The average molecular weight is 451 g/mol. The monoisotopic (exact) mass is 450 g/mol. The number of benzene rings is 2. The summed E-state index contributed by atoms with van der Waals surface area (Å²) in [7, 11) is 4.51. The van der Waals surface area contributed by atoms with Crippen LogP contribution in [-0.2, 0) is 9.53 Å². The van der Waals surface area contributed by atoms with E-state index in [2.05, 4.69) is 4.99 Å². The molecule has 0 fully saturated rings. The van der Waals surface area contributed by atoms with Crippen LogP contribution in [0.4, 0.5) is 0 Å². The van der Waals surface area contributed by atoms with Gasteiger partial charge >= 0.3 is 5.97 Å². The van der Waals surface area contributed by atoms with Gasteiger partial charge in [-0.15, -0.1) is 0 Å². The number of thiazole rings is 1. The Morgan fingerprint density at radius 3 is 2.16 bits per heavy atom. The Morgan fingerprint density at radius 2 is 1.59 bits per heavy atom. The summed E-state index contributed by atoms with van der Waals surface area (Å²) in [4.78, 5) is 31.2. The Balaban J connectivity index is 1.92. The van der Waals surface area contributed by atoms with Crippen molar-refractivity contribution in [3.63, 3.8) is 0 Å². The number of fused-ring (bicyclic) bond motifs is 1. The molecule has 1 aromatic heterocycles. The number of aromatic nitrogens is 1. The van der Waals surface area contributed by atoms with E-state index in [0.717, 1.165) is 16.9 Å². The maximum Gasteiger partial charge on any atom is 0.338 e. The van der Waals surface area contributed by atoms with Crippen molar-refractivity contribution in [1.29, 1.82) is 0 Å². The summed E-state index contributed by atoms with van der Waals surface area (Å²) in [6.45, 7) is 1.75. The van der Waals surface area contributed by atoms with Gasteiger partial charge in [0.1, 0.15) is 11.5 Å². The Bertz CT molecular complexity index is 1370. The van der Waals surface area contributed by atoms with E-state index in [-0.39, 0.29) is 5.56 Å². The lowest BCUT2D eigenvalue weighted by Crippen LogP contribution is -2.39. The zero-order valence-electron chi connectivity index (χ0n) is 18.1. The lowest BCUT2D eigenvalue weighted by Gasteiger charge is -2.24. The summed E-state index contributed by atoms with van der Waals surface area (Å²) in [5.41, 5.74) is 2.26. The second-order valence-corrected chi connectivity index (χ2v) is 8.13. The molecule has 1 atom stereocenters. The lowest BCUT2D eigenvalue weighted by atomic mass is 9.96. The number of ether oxygens (including phenoxy) is 3. The van der Waals surface area contributed by atoms with Crippen molar-refractivity contribution < 1.29 is 19.0 Å². The minimum Gasteiger partial charge on any atom is -0.497 e.